The van der Waals surface area contributed by atoms with Gasteiger partial charge in [0.1, 0.15) is 0 Å². The molecular weight excluding hydrogens is 276 g/mol. The zero-order valence-corrected chi connectivity index (χ0v) is 11.8. The van der Waals surface area contributed by atoms with Crippen LogP contribution in [0.25, 0.3) is 10.9 Å². The minimum Gasteiger partial charge on any atom is -0.357 e. The Bertz CT molecular complexity index is 730. The third-order valence-corrected chi connectivity index (χ3v) is 4.91. The van der Waals surface area contributed by atoms with Crippen LogP contribution in [0.2, 0.25) is 5.02 Å². The number of aromatic amines is 1. The Morgan fingerprint density at radius 3 is 3.05 bits per heavy atom. The Morgan fingerprint density at radius 2 is 2.21 bits per heavy atom. The molecule has 0 saturated carbocycles. The van der Waals surface area contributed by atoms with Gasteiger partial charge in [-0.15, -0.1) is 11.3 Å². The summed E-state index contributed by atoms with van der Waals surface area (Å²) in [7, 11) is 0. The fourth-order valence-electron chi connectivity index (χ4n) is 2.90. The lowest BCUT2D eigenvalue weighted by atomic mass is 9.98. The van der Waals surface area contributed by atoms with Gasteiger partial charge in [0.2, 0.25) is 0 Å². The van der Waals surface area contributed by atoms with Gasteiger partial charge >= 0.3 is 0 Å². The van der Waals surface area contributed by atoms with E-state index in [9.17, 15) is 0 Å². The van der Waals surface area contributed by atoms with Gasteiger partial charge in [-0.1, -0.05) is 17.7 Å². The van der Waals surface area contributed by atoms with E-state index >= 15 is 0 Å². The molecular formula is C15H13ClN2S. The summed E-state index contributed by atoms with van der Waals surface area (Å²) in [5.41, 5.74) is 3.89. The van der Waals surface area contributed by atoms with Crippen LogP contribution >= 0.6 is 22.9 Å². The molecule has 0 aliphatic carbocycles. The second-order valence-electron chi connectivity index (χ2n) is 4.86. The minimum atomic E-state index is 0.287. The number of aromatic nitrogens is 1. The van der Waals surface area contributed by atoms with Crippen molar-refractivity contribution in [3.63, 3.8) is 0 Å². The Hall–Kier alpha value is -1.29. The van der Waals surface area contributed by atoms with Crippen LogP contribution in [0.5, 0.6) is 0 Å². The topological polar surface area (TPSA) is 27.8 Å². The van der Waals surface area contributed by atoms with Crippen molar-refractivity contribution in [3.8, 4) is 0 Å². The molecule has 2 aromatic heterocycles. The number of H-pyrrole nitrogens is 1. The van der Waals surface area contributed by atoms with Crippen LogP contribution in [0.3, 0.4) is 0 Å². The van der Waals surface area contributed by atoms with Crippen LogP contribution in [0.15, 0.2) is 35.7 Å². The summed E-state index contributed by atoms with van der Waals surface area (Å²) in [5.74, 6) is 0. The zero-order chi connectivity index (χ0) is 12.8. The molecule has 4 heteroatoms. The molecule has 0 bridgehead atoms. The van der Waals surface area contributed by atoms with Gasteiger partial charge in [-0.3, -0.25) is 0 Å². The molecule has 0 radical (unpaired) electrons. The van der Waals surface area contributed by atoms with Crippen molar-refractivity contribution < 1.29 is 0 Å². The van der Waals surface area contributed by atoms with E-state index in [0.717, 1.165) is 18.0 Å². The molecule has 4 rings (SSSR count). The molecule has 0 amide bonds. The van der Waals surface area contributed by atoms with Gasteiger partial charge < -0.3 is 10.3 Å². The molecule has 3 aromatic rings. The highest BCUT2D eigenvalue weighted by Gasteiger charge is 2.25. The molecule has 1 aliphatic rings. The summed E-state index contributed by atoms with van der Waals surface area (Å²) in [6.45, 7) is 1.01. The maximum atomic E-state index is 6.13. The highest BCUT2D eigenvalue weighted by Crippen LogP contribution is 2.35. The van der Waals surface area contributed by atoms with Gasteiger partial charge in [0.15, 0.2) is 0 Å². The van der Waals surface area contributed by atoms with E-state index in [1.165, 1.54) is 27.0 Å². The molecule has 2 N–H and O–H groups in total. The lowest BCUT2D eigenvalue weighted by Gasteiger charge is -2.23. The normalized spacial score (nSPS) is 18.7. The molecule has 1 aliphatic heterocycles. The van der Waals surface area contributed by atoms with E-state index in [1.54, 1.807) is 11.3 Å². The van der Waals surface area contributed by atoms with Gasteiger partial charge in [0, 0.05) is 33.0 Å². The quantitative estimate of drug-likeness (QED) is 0.693. The lowest BCUT2D eigenvalue weighted by Crippen LogP contribution is -2.29. The van der Waals surface area contributed by atoms with Crippen LogP contribution in [-0.4, -0.2) is 11.5 Å². The molecule has 96 valence electrons. The number of hydrogen-bond donors (Lipinski definition) is 2. The molecule has 19 heavy (non-hydrogen) atoms. The monoisotopic (exact) mass is 288 g/mol. The first-order valence-corrected chi connectivity index (χ1v) is 7.65. The number of fused-ring (bicyclic) bond motifs is 3. The maximum absolute atomic E-state index is 6.13. The molecule has 3 heterocycles. The van der Waals surface area contributed by atoms with E-state index in [-0.39, 0.29) is 6.04 Å². The maximum Gasteiger partial charge on any atom is 0.0826 e. The second-order valence-corrected chi connectivity index (χ2v) is 6.28. The number of benzene rings is 1. The van der Waals surface area contributed by atoms with Crippen LogP contribution in [0.4, 0.5) is 0 Å². The Morgan fingerprint density at radius 1 is 1.26 bits per heavy atom. The van der Waals surface area contributed by atoms with Crippen molar-refractivity contribution >= 4 is 33.8 Å². The first-order chi connectivity index (χ1) is 9.33. The number of halogens is 1. The first kappa shape index (κ1) is 11.5. The average Bonchev–Trinajstić information content (AvgIpc) is 3.05. The fourth-order valence-corrected chi connectivity index (χ4v) is 3.88. The van der Waals surface area contributed by atoms with Crippen molar-refractivity contribution in [2.75, 3.05) is 6.54 Å². The van der Waals surface area contributed by atoms with Gasteiger partial charge in [0.05, 0.1) is 6.04 Å². The van der Waals surface area contributed by atoms with E-state index in [0.29, 0.717) is 0 Å². The van der Waals surface area contributed by atoms with Crippen LogP contribution < -0.4 is 5.32 Å². The highest BCUT2D eigenvalue weighted by molar-refractivity contribution is 7.10. The predicted molar refractivity (Wildman–Crippen MR) is 81.2 cm³/mol. The molecule has 1 unspecified atom stereocenters. The van der Waals surface area contributed by atoms with E-state index in [1.807, 2.05) is 6.07 Å². The first-order valence-electron chi connectivity index (χ1n) is 6.40. The molecule has 0 fully saturated rings. The third kappa shape index (κ3) is 1.81. The fraction of sp³-hybridized carbons (Fsp3) is 0.200. The van der Waals surface area contributed by atoms with Crippen molar-refractivity contribution in [2.45, 2.75) is 12.5 Å². The minimum absolute atomic E-state index is 0.287. The summed E-state index contributed by atoms with van der Waals surface area (Å²) in [4.78, 5) is 4.93. The Kier molecular flexibility index (Phi) is 2.65. The Labute approximate surface area is 120 Å². The number of nitrogens with one attached hydrogen (secondary N) is 2. The summed E-state index contributed by atoms with van der Waals surface area (Å²) >= 11 is 7.92. The van der Waals surface area contributed by atoms with E-state index < -0.39 is 0 Å². The van der Waals surface area contributed by atoms with Gasteiger partial charge in [-0.05, 0) is 41.6 Å². The van der Waals surface area contributed by atoms with Crippen molar-refractivity contribution in [1.82, 2.24) is 10.3 Å². The largest absolute Gasteiger partial charge is 0.357 e. The second kappa shape index (κ2) is 4.37. The van der Waals surface area contributed by atoms with E-state index in [4.69, 9.17) is 11.6 Å². The highest BCUT2D eigenvalue weighted by atomic mass is 35.5. The lowest BCUT2D eigenvalue weighted by molar-refractivity contribution is 0.567. The summed E-state index contributed by atoms with van der Waals surface area (Å²) in [6.07, 6.45) is 1.05. The van der Waals surface area contributed by atoms with Crippen LogP contribution in [0, 0.1) is 0 Å². The number of thiophene rings is 1. The standard InChI is InChI=1S/C15H13ClN2S/c16-9-3-4-12-11(8-9)10-5-6-17-15(14(10)18-12)13-2-1-7-19-13/h1-4,7-8,15,17-18H,5-6H2. The SMILES string of the molecule is Clc1ccc2[nH]c3c(c2c1)CCNC3c1cccs1. The molecule has 0 saturated heterocycles. The summed E-state index contributed by atoms with van der Waals surface area (Å²) in [6, 6.07) is 10.7. The van der Waals surface area contributed by atoms with Gasteiger partial charge in [0.25, 0.3) is 0 Å². The zero-order valence-electron chi connectivity index (χ0n) is 10.2. The van der Waals surface area contributed by atoms with Crippen molar-refractivity contribution in [3.05, 3.63) is 56.9 Å². The van der Waals surface area contributed by atoms with Crippen molar-refractivity contribution in [2.24, 2.45) is 0 Å². The molecule has 2 nitrogen and oxygen atoms in total. The molecule has 0 spiro atoms. The van der Waals surface area contributed by atoms with Crippen LogP contribution in [-0.2, 0) is 6.42 Å². The number of rotatable bonds is 1. The van der Waals surface area contributed by atoms with Gasteiger partial charge in [-0.25, -0.2) is 0 Å². The number of hydrogen-bond acceptors (Lipinski definition) is 2. The molecule has 1 aromatic carbocycles. The van der Waals surface area contributed by atoms with E-state index in [2.05, 4.69) is 39.9 Å². The molecule has 1 atom stereocenters. The van der Waals surface area contributed by atoms with Gasteiger partial charge in [-0.2, -0.15) is 0 Å². The van der Waals surface area contributed by atoms with Crippen LogP contribution in [0.1, 0.15) is 22.2 Å². The Balaban J connectivity index is 1.94. The van der Waals surface area contributed by atoms with Crippen molar-refractivity contribution in [1.29, 1.82) is 0 Å². The smallest absolute Gasteiger partial charge is 0.0826 e. The average molecular weight is 289 g/mol. The third-order valence-electron chi connectivity index (χ3n) is 3.74. The summed E-state index contributed by atoms with van der Waals surface area (Å²) in [5, 5.41) is 7.80. The summed E-state index contributed by atoms with van der Waals surface area (Å²) < 4.78 is 0. The predicted octanol–water partition coefficient (Wildman–Crippen LogP) is 4.12.